The van der Waals surface area contributed by atoms with E-state index in [0.29, 0.717) is 12.0 Å². The van der Waals surface area contributed by atoms with Gasteiger partial charge in [0.2, 0.25) is 0 Å². The van der Waals surface area contributed by atoms with Crippen LogP contribution in [0.4, 0.5) is 0 Å². The summed E-state index contributed by atoms with van der Waals surface area (Å²) in [5, 5.41) is 8.66. The smallest absolute Gasteiger partial charge is 0.179 e. The first-order valence-electron chi connectivity index (χ1n) is 3.92. The van der Waals surface area contributed by atoms with E-state index >= 15 is 0 Å². The lowest BCUT2D eigenvalue weighted by atomic mass is 10.0. The van der Waals surface area contributed by atoms with Gasteiger partial charge in [0.15, 0.2) is 6.19 Å². The lowest BCUT2D eigenvalue weighted by Crippen LogP contribution is -2.28. The van der Waals surface area contributed by atoms with Gasteiger partial charge in [-0.2, -0.15) is 5.26 Å². The summed E-state index contributed by atoms with van der Waals surface area (Å²) in [4.78, 5) is 1.91. The molecule has 0 amide bonds. The van der Waals surface area contributed by atoms with Crippen LogP contribution < -0.4 is 0 Å². The second kappa shape index (κ2) is 2.92. The maximum atomic E-state index is 8.66. The minimum atomic E-state index is 0.519. The summed E-state index contributed by atoms with van der Waals surface area (Å²) in [5.41, 5.74) is 0. The first-order chi connectivity index (χ1) is 4.75. The highest BCUT2D eigenvalue weighted by molar-refractivity contribution is 4.89. The van der Waals surface area contributed by atoms with Gasteiger partial charge in [-0.05, 0) is 18.8 Å². The van der Waals surface area contributed by atoms with Crippen LogP contribution in [0.25, 0.3) is 0 Å². The zero-order valence-electron chi connectivity index (χ0n) is 6.67. The van der Waals surface area contributed by atoms with Gasteiger partial charge in [0.1, 0.15) is 0 Å². The number of nitrogens with zero attached hydrogens (tertiary/aromatic N) is 2. The van der Waals surface area contributed by atoms with Crippen LogP contribution in [0.2, 0.25) is 0 Å². The van der Waals surface area contributed by atoms with Crippen molar-refractivity contribution in [2.24, 2.45) is 5.92 Å². The summed E-state index contributed by atoms with van der Waals surface area (Å²) in [5.74, 6) is 0.627. The van der Waals surface area contributed by atoms with Gasteiger partial charge in [-0.3, -0.25) is 0 Å². The molecule has 1 aliphatic heterocycles. The molecule has 1 heterocycles. The van der Waals surface area contributed by atoms with E-state index in [0.717, 1.165) is 6.54 Å². The standard InChI is InChI=1S/C8H14N2/c1-7(2)8-4-3-5-10(8)6-9/h7-8H,3-5H2,1-2H3. The van der Waals surface area contributed by atoms with Crippen molar-refractivity contribution in [1.29, 1.82) is 5.26 Å². The molecular formula is C8H14N2. The summed E-state index contributed by atoms with van der Waals surface area (Å²) >= 11 is 0. The average Bonchev–Trinajstić information content (AvgIpc) is 2.33. The predicted molar refractivity (Wildman–Crippen MR) is 40.2 cm³/mol. The van der Waals surface area contributed by atoms with E-state index in [9.17, 15) is 0 Å². The molecule has 0 bridgehead atoms. The molecule has 2 nitrogen and oxygen atoms in total. The van der Waals surface area contributed by atoms with Crippen molar-refractivity contribution in [2.75, 3.05) is 6.54 Å². The lowest BCUT2D eigenvalue weighted by Gasteiger charge is -2.21. The van der Waals surface area contributed by atoms with Crippen molar-refractivity contribution >= 4 is 0 Å². The van der Waals surface area contributed by atoms with Crippen molar-refractivity contribution < 1.29 is 0 Å². The molecule has 0 aromatic heterocycles. The van der Waals surface area contributed by atoms with Crippen LogP contribution in [-0.4, -0.2) is 17.5 Å². The van der Waals surface area contributed by atoms with Crippen LogP contribution >= 0.6 is 0 Å². The Morgan fingerprint density at radius 3 is 2.70 bits per heavy atom. The first kappa shape index (κ1) is 7.40. The zero-order chi connectivity index (χ0) is 7.56. The Kier molecular flexibility index (Phi) is 2.16. The van der Waals surface area contributed by atoms with Crippen molar-refractivity contribution in [2.45, 2.75) is 32.7 Å². The van der Waals surface area contributed by atoms with Crippen LogP contribution in [0.5, 0.6) is 0 Å². The predicted octanol–water partition coefficient (Wildman–Crippen LogP) is 1.59. The van der Waals surface area contributed by atoms with Gasteiger partial charge in [-0.1, -0.05) is 13.8 Å². The minimum absolute atomic E-state index is 0.519. The topological polar surface area (TPSA) is 27.0 Å². The van der Waals surface area contributed by atoms with E-state index in [-0.39, 0.29) is 0 Å². The summed E-state index contributed by atoms with van der Waals surface area (Å²) in [6.45, 7) is 5.33. The van der Waals surface area contributed by atoms with E-state index in [1.807, 2.05) is 4.90 Å². The maximum absolute atomic E-state index is 8.66. The molecule has 0 aromatic carbocycles. The first-order valence-corrected chi connectivity index (χ1v) is 3.92. The van der Waals surface area contributed by atoms with E-state index < -0.39 is 0 Å². The van der Waals surface area contributed by atoms with Crippen LogP contribution in [0, 0.1) is 17.4 Å². The fraction of sp³-hybridized carbons (Fsp3) is 0.875. The van der Waals surface area contributed by atoms with E-state index in [2.05, 4.69) is 20.0 Å². The van der Waals surface area contributed by atoms with E-state index in [1.54, 1.807) is 0 Å². The molecule has 0 spiro atoms. The Morgan fingerprint density at radius 2 is 2.30 bits per heavy atom. The molecule has 1 fully saturated rings. The molecule has 1 saturated heterocycles. The Labute approximate surface area is 62.4 Å². The summed E-state index contributed by atoms with van der Waals surface area (Å²) in [6.07, 6.45) is 4.62. The van der Waals surface area contributed by atoms with Gasteiger partial charge >= 0.3 is 0 Å². The second-order valence-electron chi connectivity index (χ2n) is 3.25. The molecule has 0 saturated carbocycles. The van der Waals surface area contributed by atoms with E-state index in [1.165, 1.54) is 12.8 Å². The van der Waals surface area contributed by atoms with Crippen molar-refractivity contribution in [3.63, 3.8) is 0 Å². The Hall–Kier alpha value is -0.710. The Balaban J connectivity index is 2.52. The maximum Gasteiger partial charge on any atom is 0.179 e. The van der Waals surface area contributed by atoms with Gasteiger partial charge in [-0.25, -0.2) is 0 Å². The van der Waals surface area contributed by atoms with Crippen LogP contribution in [0.3, 0.4) is 0 Å². The number of rotatable bonds is 1. The number of hydrogen-bond donors (Lipinski definition) is 0. The number of likely N-dealkylation sites (tertiary alicyclic amines) is 1. The largest absolute Gasteiger partial charge is 0.307 e. The highest BCUT2D eigenvalue weighted by Gasteiger charge is 2.25. The van der Waals surface area contributed by atoms with Crippen molar-refractivity contribution in [3.8, 4) is 6.19 Å². The molecule has 1 atom stereocenters. The third-order valence-electron chi connectivity index (χ3n) is 2.20. The van der Waals surface area contributed by atoms with Gasteiger partial charge in [0.25, 0.3) is 0 Å². The molecular weight excluding hydrogens is 124 g/mol. The molecule has 0 aromatic rings. The van der Waals surface area contributed by atoms with Gasteiger partial charge < -0.3 is 4.90 Å². The lowest BCUT2D eigenvalue weighted by molar-refractivity contribution is 0.291. The molecule has 10 heavy (non-hydrogen) atoms. The average molecular weight is 138 g/mol. The fourth-order valence-corrected chi connectivity index (χ4v) is 1.61. The molecule has 0 N–H and O–H groups in total. The summed E-state index contributed by atoms with van der Waals surface area (Å²) in [7, 11) is 0. The number of hydrogen-bond acceptors (Lipinski definition) is 2. The Morgan fingerprint density at radius 1 is 1.60 bits per heavy atom. The van der Waals surface area contributed by atoms with Crippen molar-refractivity contribution in [3.05, 3.63) is 0 Å². The minimum Gasteiger partial charge on any atom is -0.307 e. The third kappa shape index (κ3) is 1.23. The molecule has 0 aliphatic carbocycles. The SMILES string of the molecule is CC(C)C1CCCN1C#N. The van der Waals surface area contributed by atoms with Gasteiger partial charge in [0, 0.05) is 12.6 Å². The molecule has 1 rings (SSSR count). The van der Waals surface area contributed by atoms with Crippen LogP contribution in [0.1, 0.15) is 26.7 Å². The quantitative estimate of drug-likeness (QED) is 0.514. The third-order valence-corrected chi connectivity index (χ3v) is 2.20. The molecule has 1 aliphatic rings. The second-order valence-corrected chi connectivity index (χ2v) is 3.25. The van der Waals surface area contributed by atoms with Crippen LogP contribution in [0.15, 0.2) is 0 Å². The molecule has 0 radical (unpaired) electrons. The zero-order valence-corrected chi connectivity index (χ0v) is 6.67. The monoisotopic (exact) mass is 138 g/mol. The van der Waals surface area contributed by atoms with E-state index in [4.69, 9.17) is 5.26 Å². The van der Waals surface area contributed by atoms with Gasteiger partial charge in [-0.15, -0.1) is 0 Å². The normalized spacial score (nSPS) is 25.4. The molecule has 56 valence electrons. The summed E-state index contributed by atoms with van der Waals surface area (Å²) < 4.78 is 0. The Bertz CT molecular complexity index is 146. The van der Waals surface area contributed by atoms with Crippen LogP contribution in [-0.2, 0) is 0 Å². The fourth-order valence-electron chi connectivity index (χ4n) is 1.61. The molecule has 2 heteroatoms. The van der Waals surface area contributed by atoms with Crippen molar-refractivity contribution in [1.82, 2.24) is 4.90 Å². The highest BCUT2D eigenvalue weighted by atomic mass is 15.2. The highest BCUT2D eigenvalue weighted by Crippen LogP contribution is 2.22. The summed E-state index contributed by atoms with van der Waals surface area (Å²) in [6, 6.07) is 0.519. The number of nitriles is 1. The molecule has 1 unspecified atom stereocenters. The van der Waals surface area contributed by atoms with Gasteiger partial charge in [0.05, 0.1) is 0 Å².